The highest BCUT2D eigenvalue weighted by Crippen LogP contribution is 2.26. The van der Waals surface area contributed by atoms with Gasteiger partial charge in [0.25, 0.3) is 0 Å². The third-order valence-electron chi connectivity index (χ3n) is 3.12. The maximum absolute atomic E-state index is 10.9. The molecule has 4 heteroatoms. The predicted molar refractivity (Wildman–Crippen MR) is 76.7 cm³/mol. The van der Waals surface area contributed by atoms with Crippen molar-refractivity contribution in [2.75, 3.05) is 0 Å². The van der Waals surface area contributed by atoms with Gasteiger partial charge in [-0.1, -0.05) is 30.3 Å². The number of aromatic nitrogens is 2. The number of nitrogens with zero attached hydrogens (tertiary/aromatic N) is 2. The van der Waals surface area contributed by atoms with Crippen LogP contribution in [0.5, 0.6) is 0 Å². The van der Waals surface area contributed by atoms with Gasteiger partial charge in [0.15, 0.2) is 0 Å². The van der Waals surface area contributed by atoms with Crippen LogP contribution < -0.4 is 0 Å². The molecule has 1 aromatic heterocycles. The lowest BCUT2D eigenvalue weighted by molar-refractivity contribution is 0.0697. The fourth-order valence-corrected chi connectivity index (χ4v) is 2.18. The van der Waals surface area contributed by atoms with Crippen molar-refractivity contribution in [2.45, 2.75) is 6.92 Å². The van der Waals surface area contributed by atoms with Gasteiger partial charge in [0, 0.05) is 10.9 Å². The van der Waals surface area contributed by atoms with Crippen LogP contribution in [0.25, 0.3) is 22.2 Å². The second-order valence-corrected chi connectivity index (χ2v) is 4.52. The van der Waals surface area contributed by atoms with Gasteiger partial charge in [-0.3, -0.25) is 0 Å². The minimum atomic E-state index is -0.930. The fourth-order valence-electron chi connectivity index (χ4n) is 2.18. The molecule has 0 atom stereocenters. The number of hydrogen-bond acceptors (Lipinski definition) is 3. The summed E-state index contributed by atoms with van der Waals surface area (Å²) < 4.78 is 0. The Hall–Kier alpha value is -2.75. The van der Waals surface area contributed by atoms with Gasteiger partial charge in [-0.05, 0) is 25.1 Å². The summed E-state index contributed by atoms with van der Waals surface area (Å²) in [6.45, 7) is 1.85. The molecule has 1 N–H and O–H groups in total. The van der Waals surface area contributed by atoms with Gasteiger partial charge in [0.1, 0.15) is 5.82 Å². The van der Waals surface area contributed by atoms with Crippen LogP contribution in [0.15, 0.2) is 48.5 Å². The van der Waals surface area contributed by atoms with E-state index in [0.29, 0.717) is 5.82 Å². The Labute approximate surface area is 115 Å². The maximum atomic E-state index is 10.9. The summed E-state index contributed by atoms with van der Waals surface area (Å²) in [6, 6.07) is 14.5. The van der Waals surface area contributed by atoms with Crippen LogP contribution in [0.4, 0.5) is 0 Å². The number of aromatic carboxylic acids is 1. The van der Waals surface area contributed by atoms with E-state index in [1.54, 1.807) is 24.3 Å². The molecule has 2 aromatic carbocycles. The molecule has 4 nitrogen and oxygen atoms in total. The molecule has 3 rings (SSSR count). The summed E-state index contributed by atoms with van der Waals surface area (Å²) in [4.78, 5) is 19.8. The second-order valence-electron chi connectivity index (χ2n) is 4.52. The Kier molecular flexibility index (Phi) is 2.91. The smallest absolute Gasteiger partial charge is 0.335 e. The average Bonchev–Trinajstić information content (AvgIpc) is 2.46. The quantitative estimate of drug-likeness (QED) is 0.771. The van der Waals surface area contributed by atoms with Crippen molar-refractivity contribution in [3.8, 4) is 11.3 Å². The first-order valence-corrected chi connectivity index (χ1v) is 6.22. The lowest BCUT2D eigenvalue weighted by Crippen LogP contribution is -1.97. The lowest BCUT2D eigenvalue weighted by Gasteiger charge is -2.07. The molecule has 1 heterocycles. The summed E-state index contributed by atoms with van der Waals surface area (Å²) >= 11 is 0. The molecule has 0 bridgehead atoms. The van der Waals surface area contributed by atoms with Crippen molar-refractivity contribution in [1.82, 2.24) is 9.97 Å². The minimum absolute atomic E-state index is 0.267. The molecule has 20 heavy (non-hydrogen) atoms. The Bertz CT molecular complexity index is 795. The molecule has 3 aromatic rings. The van der Waals surface area contributed by atoms with Crippen molar-refractivity contribution in [3.63, 3.8) is 0 Å². The van der Waals surface area contributed by atoms with Crippen molar-refractivity contribution < 1.29 is 9.90 Å². The van der Waals surface area contributed by atoms with E-state index in [0.717, 1.165) is 22.2 Å². The molecule has 98 valence electrons. The van der Waals surface area contributed by atoms with Gasteiger partial charge in [0.2, 0.25) is 0 Å². The number of rotatable bonds is 2. The first-order valence-electron chi connectivity index (χ1n) is 6.22. The van der Waals surface area contributed by atoms with Crippen LogP contribution in [-0.2, 0) is 0 Å². The van der Waals surface area contributed by atoms with Crippen molar-refractivity contribution in [3.05, 3.63) is 59.9 Å². The normalized spacial score (nSPS) is 10.7. The zero-order valence-corrected chi connectivity index (χ0v) is 10.9. The summed E-state index contributed by atoms with van der Waals surface area (Å²) in [6.07, 6.45) is 0. The molecule has 0 radical (unpaired) electrons. The topological polar surface area (TPSA) is 63.1 Å². The van der Waals surface area contributed by atoms with Crippen LogP contribution in [0.2, 0.25) is 0 Å². The molecule has 0 spiro atoms. The van der Waals surface area contributed by atoms with Crippen LogP contribution in [0.1, 0.15) is 16.2 Å². The van der Waals surface area contributed by atoms with Crippen molar-refractivity contribution >= 4 is 16.9 Å². The van der Waals surface area contributed by atoms with Gasteiger partial charge in [-0.25, -0.2) is 14.8 Å². The van der Waals surface area contributed by atoms with E-state index in [4.69, 9.17) is 5.11 Å². The zero-order chi connectivity index (χ0) is 14.1. The van der Waals surface area contributed by atoms with Crippen LogP contribution in [0, 0.1) is 6.92 Å². The third-order valence-corrected chi connectivity index (χ3v) is 3.12. The molecule has 0 unspecified atom stereocenters. The van der Waals surface area contributed by atoms with Gasteiger partial charge < -0.3 is 5.11 Å². The number of hydrogen-bond donors (Lipinski definition) is 1. The molecule has 0 amide bonds. The number of fused-ring (bicyclic) bond motifs is 1. The highest BCUT2D eigenvalue weighted by Gasteiger charge is 2.09. The Morgan fingerprint density at radius 2 is 1.70 bits per heavy atom. The molecule has 0 aliphatic rings. The second kappa shape index (κ2) is 4.74. The van der Waals surface area contributed by atoms with Gasteiger partial charge in [-0.2, -0.15) is 0 Å². The fraction of sp³-hybridized carbons (Fsp3) is 0.0625. The number of para-hydroxylation sites is 1. The summed E-state index contributed by atoms with van der Waals surface area (Å²) in [5.41, 5.74) is 2.86. The standard InChI is InChI=1S/C16H12N2O2/c1-10-17-14-5-3-2-4-13(14)15(18-10)11-6-8-12(9-7-11)16(19)20/h2-9H,1H3,(H,19,20). The van der Waals surface area contributed by atoms with E-state index in [1.807, 2.05) is 31.2 Å². The SMILES string of the molecule is Cc1nc(-c2ccc(C(=O)O)cc2)c2ccccc2n1. The van der Waals surface area contributed by atoms with E-state index in [1.165, 1.54) is 0 Å². The van der Waals surface area contributed by atoms with Crippen LogP contribution in [-0.4, -0.2) is 21.0 Å². The number of carboxylic acids is 1. The maximum Gasteiger partial charge on any atom is 0.335 e. The predicted octanol–water partition coefficient (Wildman–Crippen LogP) is 3.30. The van der Waals surface area contributed by atoms with Crippen LogP contribution >= 0.6 is 0 Å². The Balaban J connectivity index is 2.20. The monoisotopic (exact) mass is 264 g/mol. The molecular formula is C16H12N2O2. The third kappa shape index (κ3) is 2.12. The summed E-state index contributed by atoms with van der Waals surface area (Å²) in [5.74, 6) is -0.235. The highest BCUT2D eigenvalue weighted by atomic mass is 16.4. The number of benzene rings is 2. The first kappa shape index (κ1) is 12.3. The van der Waals surface area contributed by atoms with E-state index in [-0.39, 0.29) is 5.56 Å². The molecule has 0 saturated heterocycles. The highest BCUT2D eigenvalue weighted by molar-refractivity contribution is 5.93. The summed E-state index contributed by atoms with van der Waals surface area (Å²) in [7, 11) is 0. The van der Waals surface area contributed by atoms with E-state index in [2.05, 4.69) is 9.97 Å². The van der Waals surface area contributed by atoms with Crippen LogP contribution in [0.3, 0.4) is 0 Å². The summed E-state index contributed by atoms with van der Waals surface area (Å²) in [5, 5.41) is 9.90. The number of carboxylic acid groups (broad SMARTS) is 1. The van der Waals surface area contributed by atoms with E-state index in [9.17, 15) is 4.79 Å². The average molecular weight is 264 g/mol. The number of carbonyl (C=O) groups is 1. The molecule has 0 saturated carbocycles. The van der Waals surface area contributed by atoms with E-state index >= 15 is 0 Å². The minimum Gasteiger partial charge on any atom is -0.478 e. The van der Waals surface area contributed by atoms with Gasteiger partial charge in [-0.15, -0.1) is 0 Å². The largest absolute Gasteiger partial charge is 0.478 e. The zero-order valence-electron chi connectivity index (χ0n) is 10.9. The molecule has 0 aliphatic carbocycles. The van der Waals surface area contributed by atoms with Gasteiger partial charge in [0.05, 0.1) is 16.8 Å². The van der Waals surface area contributed by atoms with Crippen molar-refractivity contribution in [2.24, 2.45) is 0 Å². The first-order chi connectivity index (χ1) is 9.65. The van der Waals surface area contributed by atoms with E-state index < -0.39 is 5.97 Å². The Morgan fingerprint density at radius 1 is 1.00 bits per heavy atom. The molecule has 0 aliphatic heterocycles. The Morgan fingerprint density at radius 3 is 2.40 bits per heavy atom. The molecule has 0 fully saturated rings. The van der Waals surface area contributed by atoms with Crippen molar-refractivity contribution in [1.29, 1.82) is 0 Å². The van der Waals surface area contributed by atoms with Gasteiger partial charge >= 0.3 is 5.97 Å². The lowest BCUT2D eigenvalue weighted by atomic mass is 10.0. The molecular weight excluding hydrogens is 252 g/mol. The number of aryl methyl sites for hydroxylation is 1.